The van der Waals surface area contributed by atoms with E-state index in [9.17, 15) is 9.59 Å². The number of carboxylic acid groups (broad SMARTS) is 1. The van der Waals surface area contributed by atoms with Crippen LogP contribution in [0.5, 0.6) is 0 Å². The molecule has 0 saturated carbocycles. The molecular weight excluding hydrogens is 250 g/mol. The van der Waals surface area contributed by atoms with Crippen LogP contribution in [0.1, 0.15) is 48.0 Å². The Bertz CT molecular complexity index is 401. The molecule has 0 aliphatic rings. The van der Waals surface area contributed by atoms with Crippen LogP contribution in [0.15, 0.2) is 10.8 Å². The lowest BCUT2D eigenvalue weighted by Crippen LogP contribution is -2.24. The van der Waals surface area contributed by atoms with Gasteiger partial charge in [0.05, 0.1) is 5.56 Å². The number of unbranched alkanes of at least 4 members (excludes halogenated alkanes) is 3. The molecule has 1 aromatic heterocycles. The zero-order valence-electron chi connectivity index (χ0n) is 10.6. The Hall–Kier alpha value is -1.36. The summed E-state index contributed by atoms with van der Waals surface area (Å²) in [6.07, 6.45) is 3.71. The van der Waals surface area contributed by atoms with Gasteiger partial charge in [0, 0.05) is 18.3 Å². The van der Waals surface area contributed by atoms with E-state index < -0.39 is 5.97 Å². The molecule has 18 heavy (non-hydrogen) atoms. The maximum Gasteiger partial charge on any atom is 0.303 e. The molecule has 0 fully saturated rings. The molecule has 100 valence electrons. The molecule has 4 nitrogen and oxygen atoms in total. The number of nitrogens with one attached hydrogen (secondary N) is 1. The van der Waals surface area contributed by atoms with Crippen molar-refractivity contribution in [1.82, 2.24) is 5.32 Å². The van der Waals surface area contributed by atoms with Crippen LogP contribution < -0.4 is 5.32 Å². The summed E-state index contributed by atoms with van der Waals surface area (Å²) in [7, 11) is 0. The van der Waals surface area contributed by atoms with Crippen LogP contribution in [0.2, 0.25) is 0 Å². The number of carbonyl (C=O) groups is 2. The summed E-state index contributed by atoms with van der Waals surface area (Å²) in [5.41, 5.74) is 1.77. The first-order chi connectivity index (χ1) is 8.61. The molecule has 1 rings (SSSR count). The Morgan fingerprint density at radius 1 is 1.22 bits per heavy atom. The summed E-state index contributed by atoms with van der Waals surface area (Å²) >= 11 is 1.53. The Morgan fingerprint density at radius 2 is 1.94 bits per heavy atom. The van der Waals surface area contributed by atoms with Gasteiger partial charge in [0.15, 0.2) is 0 Å². The van der Waals surface area contributed by atoms with E-state index in [0.29, 0.717) is 13.0 Å². The lowest BCUT2D eigenvalue weighted by Gasteiger charge is -2.04. The zero-order valence-corrected chi connectivity index (χ0v) is 11.4. The maximum atomic E-state index is 11.7. The minimum Gasteiger partial charge on any atom is -0.481 e. The molecule has 0 saturated heterocycles. The fourth-order valence-electron chi connectivity index (χ4n) is 1.65. The van der Waals surface area contributed by atoms with Crippen molar-refractivity contribution < 1.29 is 14.7 Å². The van der Waals surface area contributed by atoms with Crippen molar-refractivity contribution in [3.05, 3.63) is 21.9 Å². The minimum absolute atomic E-state index is 0.0146. The molecule has 0 aliphatic carbocycles. The van der Waals surface area contributed by atoms with E-state index in [2.05, 4.69) is 5.32 Å². The van der Waals surface area contributed by atoms with E-state index in [1.807, 2.05) is 17.7 Å². The molecule has 0 radical (unpaired) electrons. The first kappa shape index (κ1) is 14.7. The van der Waals surface area contributed by atoms with Crippen LogP contribution >= 0.6 is 11.3 Å². The topological polar surface area (TPSA) is 66.4 Å². The Morgan fingerprint density at radius 3 is 2.56 bits per heavy atom. The van der Waals surface area contributed by atoms with Gasteiger partial charge in [0.1, 0.15) is 0 Å². The lowest BCUT2D eigenvalue weighted by atomic mass is 10.1. The van der Waals surface area contributed by atoms with Crippen LogP contribution in [-0.2, 0) is 4.79 Å². The molecule has 0 spiro atoms. The molecule has 0 aromatic carbocycles. The Labute approximate surface area is 111 Å². The molecule has 1 aromatic rings. The fraction of sp³-hybridized carbons (Fsp3) is 0.538. The number of amides is 1. The standard InChI is InChI=1S/C13H19NO3S/c1-10-8-18-9-11(10)13(17)14-7-5-3-2-4-6-12(15)16/h8-9H,2-7H2,1H3,(H,14,17)(H,15,16). The van der Waals surface area contributed by atoms with Gasteiger partial charge in [0.2, 0.25) is 0 Å². The van der Waals surface area contributed by atoms with Gasteiger partial charge in [-0.15, -0.1) is 0 Å². The van der Waals surface area contributed by atoms with Crippen LogP contribution in [-0.4, -0.2) is 23.5 Å². The second-order valence-electron chi connectivity index (χ2n) is 4.28. The SMILES string of the molecule is Cc1cscc1C(=O)NCCCCCCC(=O)O. The highest BCUT2D eigenvalue weighted by molar-refractivity contribution is 7.08. The van der Waals surface area contributed by atoms with E-state index in [1.54, 1.807) is 0 Å². The number of aryl methyl sites for hydroxylation is 1. The third kappa shape index (κ3) is 5.31. The van der Waals surface area contributed by atoms with Crippen molar-refractivity contribution in [2.75, 3.05) is 6.54 Å². The molecule has 1 heterocycles. The highest BCUT2D eigenvalue weighted by atomic mass is 32.1. The van der Waals surface area contributed by atoms with E-state index >= 15 is 0 Å². The summed E-state index contributed by atoms with van der Waals surface area (Å²) in [6.45, 7) is 2.58. The highest BCUT2D eigenvalue weighted by Gasteiger charge is 2.08. The normalized spacial score (nSPS) is 10.3. The van der Waals surface area contributed by atoms with Gasteiger partial charge in [-0.2, -0.15) is 11.3 Å². The second-order valence-corrected chi connectivity index (χ2v) is 5.03. The van der Waals surface area contributed by atoms with Crippen LogP contribution in [0.25, 0.3) is 0 Å². The smallest absolute Gasteiger partial charge is 0.303 e. The predicted molar refractivity (Wildman–Crippen MR) is 72.1 cm³/mol. The number of aliphatic carboxylic acids is 1. The largest absolute Gasteiger partial charge is 0.481 e. The van der Waals surface area contributed by atoms with Gasteiger partial charge in [0.25, 0.3) is 5.91 Å². The van der Waals surface area contributed by atoms with Gasteiger partial charge < -0.3 is 10.4 Å². The fourth-order valence-corrected chi connectivity index (χ4v) is 2.47. The molecule has 0 bridgehead atoms. The van der Waals surface area contributed by atoms with Crippen molar-refractivity contribution in [1.29, 1.82) is 0 Å². The number of thiophene rings is 1. The number of carbonyl (C=O) groups excluding carboxylic acids is 1. The second kappa shape index (κ2) is 7.87. The summed E-state index contributed by atoms with van der Waals surface area (Å²) in [5, 5.41) is 15.2. The Balaban J connectivity index is 2.06. The highest BCUT2D eigenvalue weighted by Crippen LogP contribution is 2.13. The predicted octanol–water partition coefficient (Wildman–Crippen LogP) is 2.82. The van der Waals surface area contributed by atoms with Gasteiger partial charge in [-0.3, -0.25) is 9.59 Å². The zero-order chi connectivity index (χ0) is 13.4. The van der Waals surface area contributed by atoms with Crippen molar-refractivity contribution >= 4 is 23.2 Å². The third-order valence-electron chi connectivity index (χ3n) is 2.70. The van der Waals surface area contributed by atoms with Crippen LogP contribution in [0, 0.1) is 6.92 Å². The third-order valence-corrected chi connectivity index (χ3v) is 3.56. The monoisotopic (exact) mass is 269 g/mol. The van der Waals surface area contributed by atoms with Gasteiger partial charge >= 0.3 is 5.97 Å². The molecule has 5 heteroatoms. The quantitative estimate of drug-likeness (QED) is 0.713. The molecule has 0 aliphatic heterocycles. The number of hydrogen-bond donors (Lipinski definition) is 2. The van der Waals surface area contributed by atoms with Crippen LogP contribution in [0.4, 0.5) is 0 Å². The average molecular weight is 269 g/mol. The van der Waals surface area contributed by atoms with Crippen molar-refractivity contribution in [2.45, 2.75) is 39.0 Å². The number of rotatable bonds is 8. The molecule has 0 unspecified atom stereocenters. The summed E-state index contributed by atoms with van der Waals surface area (Å²) in [5.74, 6) is -0.754. The molecule has 1 amide bonds. The summed E-state index contributed by atoms with van der Waals surface area (Å²) in [4.78, 5) is 22.0. The molecule has 2 N–H and O–H groups in total. The van der Waals surface area contributed by atoms with E-state index in [4.69, 9.17) is 5.11 Å². The molecule has 0 atom stereocenters. The van der Waals surface area contributed by atoms with E-state index in [1.165, 1.54) is 11.3 Å². The maximum absolute atomic E-state index is 11.7. The molecular formula is C13H19NO3S. The number of carboxylic acids is 1. The summed E-state index contributed by atoms with van der Waals surface area (Å²) in [6, 6.07) is 0. The van der Waals surface area contributed by atoms with Crippen LogP contribution in [0.3, 0.4) is 0 Å². The van der Waals surface area contributed by atoms with Crippen molar-refractivity contribution in [3.63, 3.8) is 0 Å². The summed E-state index contributed by atoms with van der Waals surface area (Å²) < 4.78 is 0. The van der Waals surface area contributed by atoms with Gasteiger partial charge in [-0.1, -0.05) is 12.8 Å². The average Bonchev–Trinajstić information content (AvgIpc) is 2.73. The van der Waals surface area contributed by atoms with Crippen molar-refractivity contribution in [3.8, 4) is 0 Å². The van der Waals surface area contributed by atoms with E-state index in [-0.39, 0.29) is 12.3 Å². The van der Waals surface area contributed by atoms with E-state index in [0.717, 1.165) is 30.4 Å². The van der Waals surface area contributed by atoms with Crippen molar-refractivity contribution in [2.24, 2.45) is 0 Å². The van der Waals surface area contributed by atoms with Gasteiger partial charge in [-0.25, -0.2) is 0 Å². The first-order valence-electron chi connectivity index (χ1n) is 6.14. The minimum atomic E-state index is -0.740. The number of hydrogen-bond acceptors (Lipinski definition) is 3. The first-order valence-corrected chi connectivity index (χ1v) is 7.08. The lowest BCUT2D eigenvalue weighted by molar-refractivity contribution is -0.137. The van der Waals surface area contributed by atoms with Gasteiger partial charge in [-0.05, 0) is 30.7 Å². The Kier molecular flexibility index (Phi) is 6.43.